The minimum absolute atomic E-state index is 0.242. The lowest BCUT2D eigenvalue weighted by molar-refractivity contribution is 0.0955. The molecule has 0 saturated carbocycles. The van der Waals surface area contributed by atoms with Crippen molar-refractivity contribution in [3.63, 3.8) is 0 Å². The first-order valence-corrected chi connectivity index (χ1v) is 5.43. The van der Waals surface area contributed by atoms with E-state index >= 15 is 0 Å². The summed E-state index contributed by atoms with van der Waals surface area (Å²) in [5.74, 6) is 0.414. The van der Waals surface area contributed by atoms with Crippen molar-refractivity contribution < 1.29 is 10.2 Å². The van der Waals surface area contributed by atoms with Gasteiger partial charge in [-0.2, -0.15) is 0 Å². The van der Waals surface area contributed by atoms with Crippen molar-refractivity contribution in [3.8, 4) is 0 Å². The molecule has 1 rings (SSSR count). The Bertz CT molecular complexity index is 310. The molecule has 78 valence electrons. The first-order valence-electron chi connectivity index (χ1n) is 4.64. The first kappa shape index (κ1) is 11.7. The van der Waals surface area contributed by atoms with Crippen molar-refractivity contribution in [3.05, 3.63) is 33.8 Å². The van der Waals surface area contributed by atoms with Gasteiger partial charge in [-0.1, -0.05) is 35.8 Å². The Balaban J connectivity index is 3.07. The molecule has 14 heavy (non-hydrogen) atoms. The van der Waals surface area contributed by atoms with Crippen LogP contribution in [-0.2, 0) is 0 Å². The molecule has 0 spiro atoms. The van der Waals surface area contributed by atoms with Crippen LogP contribution in [0, 0.1) is 0 Å². The van der Waals surface area contributed by atoms with Gasteiger partial charge in [0, 0.05) is 4.47 Å². The lowest BCUT2D eigenvalue weighted by atomic mass is 9.99. The van der Waals surface area contributed by atoms with Gasteiger partial charge in [-0.15, -0.1) is 0 Å². The summed E-state index contributed by atoms with van der Waals surface area (Å²) in [7, 11) is 0. The topological polar surface area (TPSA) is 40.5 Å². The SMILES string of the molecule is CC(C)c1cc(Br)cc([C@H](O)CO)c1. The van der Waals surface area contributed by atoms with E-state index in [0.717, 1.165) is 15.6 Å². The van der Waals surface area contributed by atoms with Crippen LogP contribution in [0.1, 0.15) is 37.0 Å². The summed E-state index contributed by atoms with van der Waals surface area (Å²) >= 11 is 3.39. The standard InChI is InChI=1S/C11H15BrO2/c1-7(2)8-3-9(11(14)6-13)5-10(12)4-8/h3-5,7,11,13-14H,6H2,1-2H3/t11-/m1/s1. The van der Waals surface area contributed by atoms with Gasteiger partial charge < -0.3 is 10.2 Å². The molecule has 1 aromatic rings. The fraction of sp³-hybridized carbons (Fsp3) is 0.455. The minimum atomic E-state index is -0.787. The van der Waals surface area contributed by atoms with Crippen molar-refractivity contribution in [1.82, 2.24) is 0 Å². The van der Waals surface area contributed by atoms with Crippen molar-refractivity contribution in [1.29, 1.82) is 0 Å². The highest BCUT2D eigenvalue weighted by Crippen LogP contribution is 2.25. The third-order valence-electron chi connectivity index (χ3n) is 2.17. The molecular formula is C11H15BrO2. The van der Waals surface area contributed by atoms with E-state index in [4.69, 9.17) is 5.11 Å². The van der Waals surface area contributed by atoms with Gasteiger partial charge in [0.05, 0.1) is 6.61 Å². The van der Waals surface area contributed by atoms with Crippen LogP contribution in [0.2, 0.25) is 0 Å². The van der Waals surface area contributed by atoms with Gasteiger partial charge >= 0.3 is 0 Å². The molecule has 0 unspecified atom stereocenters. The molecule has 0 aliphatic carbocycles. The molecule has 0 aromatic heterocycles. The maximum atomic E-state index is 9.49. The number of hydrogen-bond donors (Lipinski definition) is 2. The average molecular weight is 259 g/mol. The summed E-state index contributed by atoms with van der Waals surface area (Å²) in [6.45, 7) is 3.95. The summed E-state index contributed by atoms with van der Waals surface area (Å²) in [6, 6.07) is 5.78. The Labute approximate surface area is 92.7 Å². The Morgan fingerprint density at radius 2 is 1.79 bits per heavy atom. The summed E-state index contributed by atoms with van der Waals surface area (Å²) in [6.07, 6.45) is -0.787. The van der Waals surface area contributed by atoms with Crippen LogP contribution >= 0.6 is 15.9 Å². The highest BCUT2D eigenvalue weighted by atomic mass is 79.9. The van der Waals surface area contributed by atoms with E-state index in [9.17, 15) is 5.11 Å². The molecule has 1 aromatic carbocycles. The highest BCUT2D eigenvalue weighted by Gasteiger charge is 2.09. The predicted molar refractivity (Wildman–Crippen MR) is 60.3 cm³/mol. The normalized spacial score (nSPS) is 13.3. The van der Waals surface area contributed by atoms with Gasteiger partial charge in [-0.25, -0.2) is 0 Å². The lowest BCUT2D eigenvalue weighted by Crippen LogP contribution is -2.03. The molecule has 0 saturated heterocycles. The first-order chi connectivity index (χ1) is 6.54. The third-order valence-corrected chi connectivity index (χ3v) is 2.62. The predicted octanol–water partition coefficient (Wildman–Crippen LogP) is 2.60. The number of halogens is 1. The maximum absolute atomic E-state index is 9.49. The Kier molecular flexibility index (Phi) is 4.11. The quantitative estimate of drug-likeness (QED) is 0.875. The van der Waals surface area contributed by atoms with Crippen LogP contribution in [0.25, 0.3) is 0 Å². The van der Waals surface area contributed by atoms with Crippen LogP contribution in [0.4, 0.5) is 0 Å². The van der Waals surface area contributed by atoms with Crippen molar-refractivity contribution >= 4 is 15.9 Å². The second kappa shape index (κ2) is 4.91. The Morgan fingerprint density at radius 3 is 2.29 bits per heavy atom. The fourth-order valence-corrected chi connectivity index (χ4v) is 1.80. The van der Waals surface area contributed by atoms with Gasteiger partial charge in [-0.3, -0.25) is 0 Å². The average Bonchev–Trinajstić information content (AvgIpc) is 2.15. The summed E-state index contributed by atoms with van der Waals surface area (Å²) in [5.41, 5.74) is 1.91. The number of rotatable bonds is 3. The van der Waals surface area contributed by atoms with Crippen LogP contribution in [0.3, 0.4) is 0 Å². The maximum Gasteiger partial charge on any atom is 0.102 e. The smallest absolute Gasteiger partial charge is 0.102 e. The van der Waals surface area contributed by atoms with Gasteiger partial charge in [0.1, 0.15) is 6.10 Å². The minimum Gasteiger partial charge on any atom is -0.393 e. The molecule has 1 atom stereocenters. The van der Waals surface area contributed by atoms with E-state index in [1.54, 1.807) is 0 Å². The van der Waals surface area contributed by atoms with Gasteiger partial charge in [-0.05, 0) is 29.2 Å². The number of aliphatic hydroxyl groups excluding tert-OH is 2. The van der Waals surface area contributed by atoms with Crippen molar-refractivity contribution in [2.45, 2.75) is 25.9 Å². The van der Waals surface area contributed by atoms with Gasteiger partial charge in [0.2, 0.25) is 0 Å². The molecule has 0 amide bonds. The summed E-state index contributed by atoms with van der Waals surface area (Å²) in [5, 5.41) is 18.3. The Hall–Kier alpha value is -0.380. The second-order valence-corrected chi connectivity index (χ2v) is 4.59. The number of benzene rings is 1. The molecule has 0 radical (unpaired) electrons. The molecule has 2 N–H and O–H groups in total. The third kappa shape index (κ3) is 2.80. The van der Waals surface area contributed by atoms with Crippen LogP contribution in [0.15, 0.2) is 22.7 Å². The fourth-order valence-electron chi connectivity index (χ4n) is 1.27. The van der Waals surface area contributed by atoms with Crippen LogP contribution in [0.5, 0.6) is 0 Å². The number of aliphatic hydroxyl groups is 2. The molecule has 0 fully saturated rings. The van der Waals surface area contributed by atoms with E-state index in [1.165, 1.54) is 0 Å². The zero-order chi connectivity index (χ0) is 10.7. The summed E-state index contributed by atoms with van der Waals surface area (Å²) in [4.78, 5) is 0. The molecule has 0 aliphatic rings. The molecule has 0 heterocycles. The van der Waals surface area contributed by atoms with E-state index in [1.807, 2.05) is 18.2 Å². The van der Waals surface area contributed by atoms with E-state index in [2.05, 4.69) is 29.8 Å². The zero-order valence-electron chi connectivity index (χ0n) is 8.37. The Morgan fingerprint density at radius 1 is 1.21 bits per heavy atom. The molecule has 3 heteroatoms. The second-order valence-electron chi connectivity index (χ2n) is 3.67. The highest BCUT2D eigenvalue weighted by molar-refractivity contribution is 9.10. The molecule has 0 aliphatic heterocycles. The molecular weight excluding hydrogens is 244 g/mol. The zero-order valence-corrected chi connectivity index (χ0v) is 9.95. The van der Waals surface area contributed by atoms with E-state index in [0.29, 0.717) is 5.92 Å². The number of hydrogen-bond acceptors (Lipinski definition) is 2. The molecule has 0 bridgehead atoms. The lowest BCUT2D eigenvalue weighted by Gasteiger charge is -2.12. The van der Waals surface area contributed by atoms with Crippen LogP contribution in [-0.4, -0.2) is 16.8 Å². The largest absolute Gasteiger partial charge is 0.393 e. The molecule has 2 nitrogen and oxygen atoms in total. The summed E-state index contributed by atoms with van der Waals surface area (Å²) < 4.78 is 0.936. The van der Waals surface area contributed by atoms with Crippen molar-refractivity contribution in [2.24, 2.45) is 0 Å². The van der Waals surface area contributed by atoms with Crippen LogP contribution < -0.4 is 0 Å². The van der Waals surface area contributed by atoms with Crippen molar-refractivity contribution in [2.75, 3.05) is 6.61 Å². The van der Waals surface area contributed by atoms with E-state index < -0.39 is 6.10 Å². The van der Waals surface area contributed by atoms with E-state index in [-0.39, 0.29) is 6.61 Å². The van der Waals surface area contributed by atoms with Gasteiger partial charge in [0.25, 0.3) is 0 Å². The monoisotopic (exact) mass is 258 g/mol. The van der Waals surface area contributed by atoms with Gasteiger partial charge in [0.15, 0.2) is 0 Å².